The summed E-state index contributed by atoms with van der Waals surface area (Å²) in [7, 11) is 1.60. The lowest BCUT2D eigenvalue weighted by Crippen LogP contribution is -2.35. The fraction of sp³-hybridized carbons (Fsp3) is 0.200. The molecule has 0 unspecified atom stereocenters. The highest BCUT2D eigenvalue weighted by atomic mass is 16.5. The molecule has 3 aromatic rings. The number of carbonyl (C=O) groups excluding carboxylic acids is 2. The van der Waals surface area contributed by atoms with E-state index in [1.54, 1.807) is 37.4 Å². The van der Waals surface area contributed by atoms with Gasteiger partial charge in [-0.2, -0.15) is 0 Å². The normalized spacial score (nSPS) is 12.8. The van der Waals surface area contributed by atoms with Gasteiger partial charge in [0.1, 0.15) is 5.75 Å². The molecule has 0 saturated heterocycles. The van der Waals surface area contributed by atoms with Crippen LogP contribution in [0, 0.1) is 6.92 Å². The fourth-order valence-electron chi connectivity index (χ4n) is 3.76. The van der Waals surface area contributed by atoms with E-state index in [0.717, 1.165) is 35.4 Å². The van der Waals surface area contributed by atoms with Crippen molar-refractivity contribution in [3.8, 4) is 5.75 Å². The zero-order valence-corrected chi connectivity index (χ0v) is 17.1. The Morgan fingerprint density at radius 2 is 1.77 bits per heavy atom. The Morgan fingerprint density at radius 1 is 0.967 bits per heavy atom. The van der Waals surface area contributed by atoms with Gasteiger partial charge in [0.2, 0.25) is 0 Å². The molecule has 3 aromatic carbocycles. The van der Waals surface area contributed by atoms with Gasteiger partial charge >= 0.3 is 0 Å². The minimum atomic E-state index is -0.176. The van der Waals surface area contributed by atoms with Crippen LogP contribution in [0.5, 0.6) is 5.75 Å². The maximum Gasteiger partial charge on any atom is 0.258 e. The minimum Gasteiger partial charge on any atom is -0.497 e. The Bertz CT molecular complexity index is 1090. The Hall–Kier alpha value is -3.60. The van der Waals surface area contributed by atoms with Gasteiger partial charge in [0.05, 0.1) is 7.11 Å². The summed E-state index contributed by atoms with van der Waals surface area (Å²) in [5, 5.41) is 2.91. The van der Waals surface area contributed by atoms with Gasteiger partial charge in [0, 0.05) is 29.0 Å². The highest BCUT2D eigenvalue weighted by molar-refractivity contribution is 6.08. The number of carbonyl (C=O) groups is 2. The third-order valence-corrected chi connectivity index (χ3v) is 5.32. The highest BCUT2D eigenvalue weighted by Crippen LogP contribution is 2.30. The van der Waals surface area contributed by atoms with Crippen LogP contribution in [-0.2, 0) is 6.42 Å². The second kappa shape index (κ2) is 8.41. The summed E-state index contributed by atoms with van der Waals surface area (Å²) in [6, 6.07) is 20.4. The topological polar surface area (TPSA) is 58.6 Å². The minimum absolute atomic E-state index is 0.00455. The van der Waals surface area contributed by atoms with Crippen molar-refractivity contribution >= 4 is 23.2 Å². The number of anilines is 2. The van der Waals surface area contributed by atoms with E-state index in [1.807, 2.05) is 48.2 Å². The van der Waals surface area contributed by atoms with Crippen molar-refractivity contribution < 1.29 is 14.3 Å². The van der Waals surface area contributed by atoms with Crippen molar-refractivity contribution in [3.05, 3.63) is 89.0 Å². The number of amides is 2. The predicted molar refractivity (Wildman–Crippen MR) is 119 cm³/mol. The Morgan fingerprint density at radius 3 is 2.50 bits per heavy atom. The first-order chi connectivity index (χ1) is 14.5. The summed E-state index contributed by atoms with van der Waals surface area (Å²) in [6.45, 7) is 2.66. The molecule has 5 nitrogen and oxygen atoms in total. The molecule has 0 spiro atoms. The van der Waals surface area contributed by atoms with E-state index in [1.165, 1.54) is 0 Å². The maximum atomic E-state index is 13.1. The number of hydrogen-bond acceptors (Lipinski definition) is 3. The van der Waals surface area contributed by atoms with Crippen LogP contribution < -0.4 is 15.0 Å². The Balaban J connectivity index is 1.55. The summed E-state index contributed by atoms with van der Waals surface area (Å²) in [5.41, 5.74) is 4.93. The second-order valence-electron chi connectivity index (χ2n) is 7.46. The zero-order valence-electron chi connectivity index (χ0n) is 17.1. The van der Waals surface area contributed by atoms with Crippen LogP contribution in [0.1, 0.15) is 38.3 Å². The average Bonchev–Trinajstić information content (AvgIpc) is 2.78. The standard InChI is InChI=1S/C25H24N2O3/c1-17-5-3-6-20(15-17)25(29)27-14-4-7-18-16-19(8-13-23(18)27)24(28)26-21-9-11-22(30-2)12-10-21/h3,5-6,8-13,15-16H,4,7,14H2,1-2H3,(H,26,28). The first-order valence-electron chi connectivity index (χ1n) is 10.0. The van der Waals surface area contributed by atoms with E-state index in [2.05, 4.69) is 5.32 Å². The second-order valence-corrected chi connectivity index (χ2v) is 7.46. The molecule has 1 aliphatic heterocycles. The van der Waals surface area contributed by atoms with Crippen LogP contribution in [0.15, 0.2) is 66.7 Å². The number of benzene rings is 3. The number of ether oxygens (including phenoxy) is 1. The first-order valence-corrected chi connectivity index (χ1v) is 10.0. The Labute approximate surface area is 176 Å². The molecule has 0 atom stereocenters. The van der Waals surface area contributed by atoms with E-state index in [9.17, 15) is 9.59 Å². The van der Waals surface area contributed by atoms with Crippen molar-refractivity contribution in [3.63, 3.8) is 0 Å². The summed E-state index contributed by atoms with van der Waals surface area (Å²) in [6.07, 6.45) is 1.71. The van der Waals surface area contributed by atoms with Gasteiger partial charge in [0.25, 0.3) is 11.8 Å². The van der Waals surface area contributed by atoms with Crippen molar-refractivity contribution in [2.75, 3.05) is 23.9 Å². The van der Waals surface area contributed by atoms with E-state index in [-0.39, 0.29) is 11.8 Å². The van der Waals surface area contributed by atoms with Crippen LogP contribution in [0.25, 0.3) is 0 Å². The number of nitrogens with zero attached hydrogens (tertiary/aromatic N) is 1. The van der Waals surface area contributed by atoms with Gasteiger partial charge in [-0.3, -0.25) is 9.59 Å². The summed E-state index contributed by atoms with van der Waals surface area (Å²) >= 11 is 0. The van der Waals surface area contributed by atoms with Gasteiger partial charge in [-0.1, -0.05) is 17.7 Å². The third-order valence-electron chi connectivity index (χ3n) is 5.32. The van der Waals surface area contributed by atoms with E-state index >= 15 is 0 Å². The molecule has 2 amide bonds. The lowest BCUT2D eigenvalue weighted by atomic mass is 9.98. The quantitative estimate of drug-likeness (QED) is 0.681. The van der Waals surface area contributed by atoms with E-state index in [0.29, 0.717) is 23.4 Å². The molecule has 1 N–H and O–H groups in total. The lowest BCUT2D eigenvalue weighted by molar-refractivity contribution is 0.0984. The smallest absolute Gasteiger partial charge is 0.258 e. The van der Waals surface area contributed by atoms with E-state index < -0.39 is 0 Å². The van der Waals surface area contributed by atoms with Crippen LogP contribution in [-0.4, -0.2) is 25.5 Å². The molecule has 152 valence electrons. The largest absolute Gasteiger partial charge is 0.497 e. The number of methoxy groups -OCH3 is 1. The molecule has 4 rings (SSSR count). The molecule has 1 aliphatic rings. The molecular formula is C25H24N2O3. The van der Waals surface area contributed by atoms with Gasteiger partial charge < -0.3 is 15.0 Å². The zero-order chi connectivity index (χ0) is 21.1. The van der Waals surface area contributed by atoms with E-state index in [4.69, 9.17) is 4.74 Å². The van der Waals surface area contributed by atoms with Crippen molar-refractivity contribution in [2.45, 2.75) is 19.8 Å². The Kier molecular flexibility index (Phi) is 5.53. The van der Waals surface area contributed by atoms with Crippen LogP contribution >= 0.6 is 0 Å². The number of nitrogens with one attached hydrogen (secondary N) is 1. The van der Waals surface area contributed by atoms with Crippen LogP contribution in [0.2, 0.25) is 0 Å². The number of fused-ring (bicyclic) bond motifs is 1. The summed E-state index contributed by atoms with van der Waals surface area (Å²) in [5.74, 6) is 0.556. The van der Waals surface area contributed by atoms with Gasteiger partial charge in [-0.05, 0) is 79.9 Å². The number of aryl methyl sites for hydroxylation is 2. The summed E-state index contributed by atoms with van der Waals surface area (Å²) < 4.78 is 5.14. The van der Waals surface area contributed by atoms with Crippen molar-refractivity contribution in [1.29, 1.82) is 0 Å². The average molecular weight is 400 g/mol. The predicted octanol–water partition coefficient (Wildman–Crippen LogP) is 4.85. The van der Waals surface area contributed by atoms with Gasteiger partial charge in [-0.15, -0.1) is 0 Å². The SMILES string of the molecule is COc1ccc(NC(=O)c2ccc3c(c2)CCCN3C(=O)c2cccc(C)c2)cc1. The molecule has 5 heteroatoms. The van der Waals surface area contributed by atoms with Crippen molar-refractivity contribution in [2.24, 2.45) is 0 Å². The molecule has 30 heavy (non-hydrogen) atoms. The molecule has 0 fully saturated rings. The lowest BCUT2D eigenvalue weighted by Gasteiger charge is -2.30. The van der Waals surface area contributed by atoms with Crippen LogP contribution in [0.4, 0.5) is 11.4 Å². The molecular weight excluding hydrogens is 376 g/mol. The highest BCUT2D eigenvalue weighted by Gasteiger charge is 2.24. The fourth-order valence-corrected chi connectivity index (χ4v) is 3.76. The molecule has 0 radical (unpaired) electrons. The van der Waals surface area contributed by atoms with Gasteiger partial charge in [-0.25, -0.2) is 0 Å². The monoisotopic (exact) mass is 400 g/mol. The van der Waals surface area contributed by atoms with Crippen LogP contribution in [0.3, 0.4) is 0 Å². The number of rotatable bonds is 4. The molecule has 0 saturated carbocycles. The molecule has 0 bridgehead atoms. The first kappa shape index (κ1) is 19.7. The third kappa shape index (κ3) is 4.06. The molecule has 1 heterocycles. The summed E-state index contributed by atoms with van der Waals surface area (Å²) in [4.78, 5) is 27.6. The maximum absolute atomic E-state index is 13.1. The van der Waals surface area contributed by atoms with Crippen molar-refractivity contribution in [1.82, 2.24) is 0 Å². The number of hydrogen-bond donors (Lipinski definition) is 1. The van der Waals surface area contributed by atoms with Gasteiger partial charge in [0.15, 0.2) is 0 Å². The molecule has 0 aromatic heterocycles. The molecule has 0 aliphatic carbocycles.